The van der Waals surface area contributed by atoms with Crippen LogP contribution >= 0.6 is 11.3 Å². The standard InChI is InChI=1S/C38H19N3OS/c1-40-29-18-17-25(24-10-7-15-34-35(24)26-9-3-5-14-33(26)43-34)36-27-11-6-13-32(37(27)42-38(29)36)41-30-12-4-2-8-23(30)28-20-22(21-39)16-19-31(28)41/h2-20H. The Bertz CT molecular complexity index is 2710. The number of hydrogen-bond donors (Lipinski definition) is 0. The van der Waals surface area contributed by atoms with Crippen molar-refractivity contribution in [2.24, 2.45) is 0 Å². The Balaban J connectivity index is 1.42. The largest absolute Gasteiger partial charge is 0.465 e. The van der Waals surface area contributed by atoms with Gasteiger partial charge in [0.05, 0.1) is 34.9 Å². The highest BCUT2D eigenvalue weighted by molar-refractivity contribution is 7.25. The number of furan rings is 1. The molecule has 0 saturated carbocycles. The molecular weight excluding hydrogens is 547 g/mol. The van der Waals surface area contributed by atoms with E-state index in [9.17, 15) is 5.26 Å². The lowest BCUT2D eigenvalue weighted by atomic mass is 9.95. The topological polar surface area (TPSA) is 46.2 Å². The van der Waals surface area contributed by atoms with Crippen LogP contribution in [0.1, 0.15) is 5.56 Å². The molecule has 0 bridgehead atoms. The molecular formula is C38H19N3OS. The summed E-state index contributed by atoms with van der Waals surface area (Å²) in [6, 6.07) is 41.5. The van der Waals surface area contributed by atoms with Gasteiger partial charge in [-0.2, -0.15) is 5.26 Å². The van der Waals surface area contributed by atoms with Crippen molar-refractivity contribution >= 4 is 80.9 Å². The summed E-state index contributed by atoms with van der Waals surface area (Å²) in [6.07, 6.45) is 0. The number of aromatic nitrogens is 1. The van der Waals surface area contributed by atoms with Gasteiger partial charge in [0.2, 0.25) is 5.69 Å². The van der Waals surface area contributed by atoms with E-state index in [-0.39, 0.29) is 0 Å². The van der Waals surface area contributed by atoms with Crippen molar-refractivity contribution in [1.29, 1.82) is 5.26 Å². The Kier molecular flexibility index (Phi) is 4.87. The van der Waals surface area contributed by atoms with Crippen LogP contribution in [-0.4, -0.2) is 4.57 Å². The molecule has 0 aliphatic carbocycles. The van der Waals surface area contributed by atoms with Gasteiger partial charge in [0.1, 0.15) is 5.58 Å². The molecule has 4 nitrogen and oxygen atoms in total. The van der Waals surface area contributed by atoms with Crippen molar-refractivity contribution in [1.82, 2.24) is 4.57 Å². The van der Waals surface area contributed by atoms with Crippen LogP contribution in [0.25, 0.3) is 85.6 Å². The van der Waals surface area contributed by atoms with Gasteiger partial charge in [0.15, 0.2) is 5.58 Å². The maximum absolute atomic E-state index is 9.60. The summed E-state index contributed by atoms with van der Waals surface area (Å²) in [4.78, 5) is 3.86. The van der Waals surface area contributed by atoms with Gasteiger partial charge in [-0.25, -0.2) is 4.85 Å². The summed E-state index contributed by atoms with van der Waals surface area (Å²) in [7, 11) is 0. The van der Waals surface area contributed by atoms with Crippen LogP contribution in [0, 0.1) is 17.9 Å². The highest BCUT2D eigenvalue weighted by Crippen LogP contribution is 2.47. The van der Waals surface area contributed by atoms with Crippen LogP contribution in [0.4, 0.5) is 5.69 Å². The highest BCUT2D eigenvalue weighted by Gasteiger charge is 2.22. The predicted octanol–water partition coefficient (Wildman–Crippen LogP) is 11.1. The lowest BCUT2D eigenvalue weighted by Crippen LogP contribution is -1.94. The van der Waals surface area contributed by atoms with Crippen molar-refractivity contribution in [3.63, 3.8) is 0 Å². The molecule has 0 saturated heterocycles. The number of benzene rings is 6. The molecule has 0 spiro atoms. The normalized spacial score (nSPS) is 11.7. The van der Waals surface area contributed by atoms with Crippen molar-refractivity contribution in [2.45, 2.75) is 0 Å². The van der Waals surface area contributed by atoms with Crippen molar-refractivity contribution in [3.8, 4) is 22.9 Å². The maximum atomic E-state index is 9.60. The number of rotatable bonds is 2. The second-order valence-electron chi connectivity index (χ2n) is 10.7. The lowest BCUT2D eigenvalue weighted by Gasteiger charge is -2.09. The van der Waals surface area contributed by atoms with E-state index in [0.29, 0.717) is 16.8 Å². The summed E-state index contributed by atoms with van der Waals surface area (Å²) in [5.74, 6) is 0. The van der Waals surface area contributed by atoms with Crippen LogP contribution < -0.4 is 0 Å². The third-order valence-corrected chi connectivity index (χ3v) is 9.60. The van der Waals surface area contributed by atoms with Gasteiger partial charge in [-0.15, -0.1) is 11.3 Å². The molecule has 0 atom stereocenters. The summed E-state index contributed by atoms with van der Waals surface area (Å²) >= 11 is 1.80. The SMILES string of the molecule is [C-]#[N+]c1ccc(-c2cccc3sc4ccccc4c23)c2c1oc1c(-n3c4ccccc4c4cc(C#N)ccc43)cccc12. The molecule has 0 aliphatic rings. The molecule has 9 aromatic rings. The van der Waals surface area contributed by atoms with Crippen LogP contribution in [0.3, 0.4) is 0 Å². The molecule has 0 aliphatic heterocycles. The molecule has 0 radical (unpaired) electrons. The Morgan fingerprint density at radius 3 is 2.28 bits per heavy atom. The van der Waals surface area contributed by atoms with E-state index in [0.717, 1.165) is 55.0 Å². The van der Waals surface area contributed by atoms with Crippen molar-refractivity contribution < 1.29 is 4.42 Å². The molecule has 3 heterocycles. The van der Waals surface area contributed by atoms with Crippen LogP contribution in [0.15, 0.2) is 120 Å². The molecule has 0 amide bonds. The van der Waals surface area contributed by atoms with Crippen molar-refractivity contribution in [2.75, 3.05) is 0 Å². The quantitative estimate of drug-likeness (QED) is 0.196. The average Bonchev–Trinajstić information content (AvgIpc) is 3.74. The van der Waals surface area contributed by atoms with Crippen molar-refractivity contribution in [3.05, 3.63) is 132 Å². The average molecular weight is 566 g/mol. The zero-order valence-electron chi connectivity index (χ0n) is 22.6. The van der Waals surface area contributed by atoms with Gasteiger partial charge < -0.3 is 8.98 Å². The van der Waals surface area contributed by atoms with E-state index in [2.05, 4.69) is 94.3 Å². The first-order valence-electron chi connectivity index (χ1n) is 13.9. The number of thiophene rings is 1. The Morgan fingerprint density at radius 1 is 0.651 bits per heavy atom. The zero-order valence-corrected chi connectivity index (χ0v) is 23.4. The number of nitrogens with zero attached hydrogens (tertiary/aromatic N) is 3. The van der Waals surface area contributed by atoms with Gasteiger partial charge in [0, 0.05) is 41.7 Å². The number of hydrogen-bond acceptors (Lipinski definition) is 3. The minimum atomic E-state index is 0.490. The molecule has 0 unspecified atom stereocenters. The number of nitriles is 1. The Hall–Kier alpha value is -5.88. The molecule has 43 heavy (non-hydrogen) atoms. The monoisotopic (exact) mass is 565 g/mol. The Labute approximate surface area is 249 Å². The van der Waals surface area contributed by atoms with Gasteiger partial charge in [-0.05, 0) is 53.6 Å². The van der Waals surface area contributed by atoms with E-state index in [1.165, 1.54) is 20.2 Å². The third-order valence-electron chi connectivity index (χ3n) is 8.46. The molecule has 0 N–H and O–H groups in total. The molecule has 6 aromatic carbocycles. The fourth-order valence-electron chi connectivity index (χ4n) is 6.66. The minimum absolute atomic E-state index is 0.490. The number of fused-ring (bicyclic) bond motifs is 9. The van der Waals surface area contributed by atoms with Gasteiger partial charge in [-0.3, -0.25) is 0 Å². The number of para-hydroxylation sites is 2. The second kappa shape index (κ2) is 8.81. The van der Waals surface area contributed by atoms with Crippen LogP contribution in [0.2, 0.25) is 0 Å². The first-order chi connectivity index (χ1) is 21.2. The summed E-state index contributed by atoms with van der Waals surface area (Å²) in [6.45, 7) is 7.97. The van der Waals surface area contributed by atoms with E-state index >= 15 is 0 Å². The summed E-state index contributed by atoms with van der Waals surface area (Å²) in [5.41, 5.74) is 7.53. The lowest BCUT2D eigenvalue weighted by molar-refractivity contribution is 0.668. The molecule has 0 fully saturated rings. The fourth-order valence-corrected chi connectivity index (χ4v) is 7.80. The van der Waals surface area contributed by atoms with Gasteiger partial charge in [-0.1, -0.05) is 72.8 Å². The third kappa shape index (κ3) is 3.23. The smallest absolute Gasteiger partial charge is 0.229 e. The van der Waals surface area contributed by atoms with Gasteiger partial charge in [0.25, 0.3) is 0 Å². The molecule has 9 rings (SSSR count). The van der Waals surface area contributed by atoms with Gasteiger partial charge >= 0.3 is 0 Å². The minimum Gasteiger partial charge on any atom is -0.465 e. The van der Waals surface area contributed by atoms with E-state index < -0.39 is 0 Å². The maximum Gasteiger partial charge on any atom is 0.229 e. The highest BCUT2D eigenvalue weighted by atomic mass is 32.1. The first kappa shape index (κ1) is 23.8. The summed E-state index contributed by atoms with van der Waals surface area (Å²) < 4.78 is 11.4. The second-order valence-corrected chi connectivity index (χ2v) is 11.8. The first-order valence-corrected chi connectivity index (χ1v) is 14.8. The summed E-state index contributed by atoms with van der Waals surface area (Å²) in [5, 5.41) is 16.0. The van der Waals surface area contributed by atoms with E-state index in [4.69, 9.17) is 11.0 Å². The molecule has 5 heteroatoms. The molecule has 3 aromatic heterocycles. The van der Waals surface area contributed by atoms with E-state index in [1.807, 2.05) is 36.4 Å². The van der Waals surface area contributed by atoms with Crippen LogP contribution in [0.5, 0.6) is 0 Å². The van der Waals surface area contributed by atoms with E-state index in [1.54, 1.807) is 11.3 Å². The predicted molar refractivity (Wildman–Crippen MR) is 177 cm³/mol. The molecule has 198 valence electrons. The Morgan fingerprint density at radius 2 is 1.40 bits per heavy atom. The fraction of sp³-hybridized carbons (Fsp3) is 0. The zero-order chi connectivity index (χ0) is 28.7. The van der Waals surface area contributed by atoms with Crippen LogP contribution in [-0.2, 0) is 0 Å².